The van der Waals surface area contributed by atoms with Crippen LogP contribution in [0, 0.1) is 11.6 Å². The molecule has 0 saturated heterocycles. The van der Waals surface area contributed by atoms with Gasteiger partial charge >= 0.3 is 6.18 Å². The first-order valence-electron chi connectivity index (χ1n) is 7.64. The van der Waals surface area contributed by atoms with Crippen LogP contribution >= 0.6 is 0 Å². The second kappa shape index (κ2) is 6.35. The molecule has 140 valence electrons. The number of hydrogen-bond acceptors (Lipinski definition) is 3. The fraction of sp³-hybridized carbons (Fsp3) is 0.375. The summed E-state index contributed by atoms with van der Waals surface area (Å²) in [4.78, 5) is 16.8. The highest BCUT2D eigenvalue weighted by atomic mass is 19.4. The average molecular weight is 375 g/mol. The summed E-state index contributed by atoms with van der Waals surface area (Å²) in [5.41, 5.74) is 0.421. The predicted molar refractivity (Wildman–Crippen MR) is 79.8 cm³/mol. The molecule has 1 unspecified atom stereocenters. The maximum absolute atomic E-state index is 14.0. The summed E-state index contributed by atoms with van der Waals surface area (Å²) in [7, 11) is 0. The van der Waals surface area contributed by atoms with E-state index >= 15 is 0 Å². The Hall–Kier alpha value is -2.49. The molecule has 10 heteroatoms. The summed E-state index contributed by atoms with van der Waals surface area (Å²) in [6, 6.07) is 2.48. The van der Waals surface area contributed by atoms with Gasteiger partial charge in [0, 0.05) is 12.6 Å². The molecule has 2 atom stereocenters. The largest absolute Gasteiger partial charge is 0.423 e. The van der Waals surface area contributed by atoms with E-state index in [-0.39, 0.29) is 24.5 Å². The first-order chi connectivity index (χ1) is 12.1. The molecule has 1 aliphatic rings. The van der Waals surface area contributed by atoms with Crippen molar-refractivity contribution < 1.29 is 31.9 Å². The lowest BCUT2D eigenvalue weighted by Gasteiger charge is -2.35. The Morgan fingerprint density at radius 2 is 2.04 bits per heavy atom. The quantitative estimate of drug-likeness (QED) is 0.822. The van der Waals surface area contributed by atoms with Gasteiger partial charge in [0.2, 0.25) is 6.10 Å². The number of aliphatic hydroxyl groups is 1. The highest BCUT2D eigenvalue weighted by molar-refractivity contribution is 5.81. The van der Waals surface area contributed by atoms with E-state index in [1.165, 1.54) is 12.3 Å². The van der Waals surface area contributed by atoms with Crippen LogP contribution in [-0.2, 0) is 11.3 Å². The Labute approximate surface area is 144 Å². The molecule has 1 aliphatic heterocycles. The second-order valence-electron chi connectivity index (χ2n) is 6.08. The molecule has 0 radical (unpaired) electrons. The van der Waals surface area contributed by atoms with E-state index in [2.05, 4.69) is 4.98 Å². The van der Waals surface area contributed by atoms with Crippen LogP contribution in [0.3, 0.4) is 0 Å². The zero-order valence-corrected chi connectivity index (χ0v) is 13.5. The molecular formula is C16H14F5N3O2. The molecule has 1 aromatic heterocycles. The number of nitrogens with zero attached hydrogens (tertiary/aromatic N) is 3. The van der Waals surface area contributed by atoms with Gasteiger partial charge in [0.05, 0.1) is 30.0 Å². The third kappa shape index (κ3) is 3.16. The molecule has 1 amide bonds. The summed E-state index contributed by atoms with van der Waals surface area (Å²) in [5.74, 6) is -2.83. The minimum absolute atomic E-state index is 0.0413. The number of halogens is 5. The van der Waals surface area contributed by atoms with Gasteiger partial charge in [-0.05, 0) is 19.1 Å². The van der Waals surface area contributed by atoms with Crippen LogP contribution in [-0.4, -0.2) is 44.3 Å². The molecule has 0 fully saturated rings. The van der Waals surface area contributed by atoms with Gasteiger partial charge in [0.25, 0.3) is 5.91 Å². The molecule has 1 N–H and O–H groups in total. The lowest BCUT2D eigenvalue weighted by Crippen LogP contribution is -2.49. The number of aromatic nitrogens is 2. The number of fused-ring (bicyclic) bond motifs is 1. The molecule has 0 bridgehead atoms. The monoisotopic (exact) mass is 375 g/mol. The van der Waals surface area contributed by atoms with Gasteiger partial charge in [0.1, 0.15) is 17.5 Å². The molecule has 2 aromatic rings. The highest BCUT2D eigenvalue weighted by Crippen LogP contribution is 2.31. The standard InChI is InChI=1S/C16H14F5N3O2/c1-8-6-23(15(26)13(25)16(19,20)21)7-10-5-22-14(24(8)10)11-3-2-9(17)4-12(11)18/h2-5,8,13,25H,6-7H2,1H3/t8-,13?/m1/s1. The summed E-state index contributed by atoms with van der Waals surface area (Å²) < 4.78 is 66.4. The van der Waals surface area contributed by atoms with Crippen molar-refractivity contribution in [2.24, 2.45) is 0 Å². The van der Waals surface area contributed by atoms with Crippen molar-refractivity contribution in [3.8, 4) is 11.4 Å². The first kappa shape index (κ1) is 18.3. The van der Waals surface area contributed by atoms with E-state index < -0.39 is 35.9 Å². The van der Waals surface area contributed by atoms with Crippen molar-refractivity contribution in [1.82, 2.24) is 14.5 Å². The summed E-state index contributed by atoms with van der Waals surface area (Å²) >= 11 is 0. The molecule has 1 aromatic carbocycles. The number of rotatable bonds is 2. The Balaban J connectivity index is 1.92. The number of carbonyl (C=O) groups is 1. The molecule has 2 heterocycles. The van der Waals surface area contributed by atoms with Gasteiger partial charge in [-0.25, -0.2) is 13.8 Å². The van der Waals surface area contributed by atoms with Crippen LogP contribution in [0.2, 0.25) is 0 Å². The Morgan fingerprint density at radius 3 is 2.65 bits per heavy atom. The van der Waals surface area contributed by atoms with Gasteiger partial charge in [-0.15, -0.1) is 0 Å². The van der Waals surface area contributed by atoms with E-state index in [0.29, 0.717) is 11.8 Å². The Kier molecular flexibility index (Phi) is 4.47. The van der Waals surface area contributed by atoms with E-state index in [9.17, 15) is 26.7 Å². The second-order valence-corrected chi connectivity index (χ2v) is 6.08. The molecule has 0 aliphatic carbocycles. The Bertz CT molecular complexity index is 849. The third-order valence-electron chi connectivity index (χ3n) is 4.18. The van der Waals surface area contributed by atoms with E-state index in [1.54, 1.807) is 11.5 Å². The van der Waals surface area contributed by atoms with Crippen LogP contribution in [0.1, 0.15) is 18.7 Å². The minimum Gasteiger partial charge on any atom is -0.376 e. The number of carbonyl (C=O) groups excluding carboxylic acids is 1. The number of amides is 1. The SMILES string of the molecule is C[C@@H]1CN(C(=O)C(O)C(F)(F)F)Cc2cnc(-c3ccc(F)cc3F)n21. The van der Waals surface area contributed by atoms with Crippen LogP contribution in [0.15, 0.2) is 24.4 Å². The van der Waals surface area contributed by atoms with Crippen molar-refractivity contribution in [3.05, 3.63) is 41.7 Å². The zero-order valence-electron chi connectivity index (χ0n) is 13.5. The Morgan fingerprint density at radius 1 is 1.35 bits per heavy atom. The lowest BCUT2D eigenvalue weighted by atomic mass is 10.1. The van der Waals surface area contributed by atoms with Crippen molar-refractivity contribution >= 4 is 5.91 Å². The van der Waals surface area contributed by atoms with Gasteiger partial charge in [-0.2, -0.15) is 13.2 Å². The van der Waals surface area contributed by atoms with Crippen LogP contribution in [0.5, 0.6) is 0 Å². The summed E-state index contributed by atoms with van der Waals surface area (Å²) in [6.07, 6.45) is -6.84. The molecule has 0 saturated carbocycles. The maximum Gasteiger partial charge on any atom is 0.423 e. The van der Waals surface area contributed by atoms with Crippen molar-refractivity contribution in [2.75, 3.05) is 6.54 Å². The lowest BCUT2D eigenvalue weighted by molar-refractivity contribution is -0.211. The number of aliphatic hydroxyl groups excluding tert-OH is 1. The highest BCUT2D eigenvalue weighted by Gasteiger charge is 2.46. The van der Waals surface area contributed by atoms with Crippen molar-refractivity contribution in [1.29, 1.82) is 0 Å². The number of alkyl halides is 3. The van der Waals surface area contributed by atoms with Crippen molar-refractivity contribution in [2.45, 2.75) is 31.8 Å². The average Bonchev–Trinajstić information content (AvgIpc) is 2.97. The molecular weight excluding hydrogens is 361 g/mol. The molecule has 3 rings (SSSR count). The fourth-order valence-electron chi connectivity index (χ4n) is 3.02. The maximum atomic E-state index is 14.0. The molecule has 26 heavy (non-hydrogen) atoms. The van der Waals surface area contributed by atoms with Gasteiger partial charge in [0.15, 0.2) is 0 Å². The summed E-state index contributed by atoms with van der Waals surface area (Å²) in [5, 5.41) is 9.16. The number of benzene rings is 1. The summed E-state index contributed by atoms with van der Waals surface area (Å²) in [6.45, 7) is 1.28. The fourth-order valence-corrected chi connectivity index (χ4v) is 3.02. The molecule has 0 spiro atoms. The van der Waals surface area contributed by atoms with Crippen LogP contribution < -0.4 is 0 Å². The molecule has 5 nitrogen and oxygen atoms in total. The first-order valence-corrected chi connectivity index (χ1v) is 7.64. The smallest absolute Gasteiger partial charge is 0.376 e. The van der Waals surface area contributed by atoms with E-state index in [1.807, 2.05) is 0 Å². The van der Waals surface area contributed by atoms with Gasteiger partial charge in [-0.1, -0.05) is 0 Å². The topological polar surface area (TPSA) is 58.4 Å². The third-order valence-corrected chi connectivity index (χ3v) is 4.18. The van der Waals surface area contributed by atoms with Gasteiger partial charge in [-0.3, -0.25) is 4.79 Å². The number of imidazole rings is 1. The van der Waals surface area contributed by atoms with Gasteiger partial charge < -0.3 is 14.6 Å². The predicted octanol–water partition coefficient (Wildman–Crippen LogP) is 2.65. The van der Waals surface area contributed by atoms with E-state index in [4.69, 9.17) is 5.11 Å². The number of hydrogen-bond donors (Lipinski definition) is 1. The van der Waals surface area contributed by atoms with E-state index in [0.717, 1.165) is 11.0 Å². The normalized spacial score (nSPS) is 18.6. The minimum atomic E-state index is -5.06. The zero-order chi connectivity index (χ0) is 19.2. The van der Waals surface area contributed by atoms with Crippen molar-refractivity contribution in [3.63, 3.8) is 0 Å². The van der Waals surface area contributed by atoms with Crippen LogP contribution in [0.4, 0.5) is 22.0 Å². The van der Waals surface area contributed by atoms with Crippen LogP contribution in [0.25, 0.3) is 11.4 Å².